The number of hydrogen-bond acceptors (Lipinski definition) is 0. The Bertz CT molecular complexity index is 11.6. The topological polar surface area (TPSA) is 0 Å². The quantitative estimate of drug-likeness (QED) is 0.418. The molecule has 2 radical (unpaired) electrons. The first-order valence-corrected chi connectivity index (χ1v) is 0. The summed E-state index contributed by atoms with van der Waals surface area (Å²) in [7, 11) is 0. The zero-order valence-electron chi connectivity index (χ0n) is 3.52. The van der Waals surface area contributed by atoms with E-state index in [0.29, 0.717) is 0 Å². The fourth-order valence-electron chi connectivity index (χ4n) is 0. The summed E-state index contributed by atoms with van der Waals surface area (Å²) in [4.78, 5) is 0. The van der Waals surface area contributed by atoms with Gasteiger partial charge in [0.25, 0.3) is 0 Å². The van der Waals surface area contributed by atoms with Gasteiger partial charge in [-0.25, -0.2) is 0 Å². The molecule has 0 unspecified atom stereocenters. The van der Waals surface area contributed by atoms with Crippen molar-refractivity contribution in [1.29, 1.82) is 0 Å². The Hall–Kier alpha value is 3.42. The molecule has 0 rings (SSSR count). The molecule has 14 valence electrons. The smallest absolute Gasteiger partial charge is 1.00 e. The van der Waals surface area contributed by atoms with Crippen molar-refractivity contribution in [1.82, 2.24) is 0 Å². The van der Waals surface area contributed by atoms with Crippen molar-refractivity contribution in [2.45, 2.75) is 0 Å². The van der Waals surface area contributed by atoms with Crippen LogP contribution in [0.3, 0.4) is 0 Å². The van der Waals surface area contributed by atoms with Crippen LogP contribution in [0.15, 0.2) is 0 Å². The van der Waals surface area contributed by atoms with Crippen molar-refractivity contribution in [3.63, 3.8) is 0 Å². The van der Waals surface area contributed by atoms with Crippen molar-refractivity contribution < 1.29 is 104 Å². The van der Waals surface area contributed by atoms with Gasteiger partial charge in [-0.3, -0.25) is 0 Å². The van der Waals surface area contributed by atoms with Gasteiger partial charge >= 0.3 is 18.9 Å². The Morgan fingerprint density at radius 2 is 1.25 bits per heavy atom. The Kier molecular flexibility index (Phi) is 105. The van der Waals surface area contributed by atoms with Crippen LogP contribution in [0.4, 0.5) is 0 Å². The summed E-state index contributed by atoms with van der Waals surface area (Å²) in [5.74, 6) is 0. The van der Waals surface area contributed by atoms with Crippen LogP contribution in [-0.4, -0.2) is 0 Å². The summed E-state index contributed by atoms with van der Waals surface area (Å²) >= 11 is 0. The van der Waals surface area contributed by atoms with Crippen LogP contribution in [0.1, 0.15) is 1.43 Å². The molecular weight excluding hydrogens is 330 g/mol. The maximum Gasteiger partial charge on any atom is 1.00 e. The molecule has 0 saturated heterocycles. The summed E-state index contributed by atoms with van der Waals surface area (Å²) in [6.07, 6.45) is 0. The van der Waals surface area contributed by atoms with Crippen molar-refractivity contribution in [2.75, 3.05) is 0 Å². The van der Waals surface area contributed by atoms with Gasteiger partial charge in [0.1, 0.15) is 0 Å². The van der Waals surface area contributed by atoms with Gasteiger partial charge in [-0.15, -0.1) is 0 Å². The van der Waals surface area contributed by atoms with E-state index in [1.54, 1.807) is 0 Å². The van der Waals surface area contributed by atoms with E-state index in [1.807, 2.05) is 0 Å². The van der Waals surface area contributed by atoms with Crippen molar-refractivity contribution in [3.8, 4) is 0 Å². The molecule has 0 aliphatic rings. The molecule has 0 atom stereocenters. The second-order valence-corrected chi connectivity index (χ2v) is 0. The van der Waals surface area contributed by atoms with E-state index in [9.17, 15) is 0 Å². The normalized spacial score (nSPS) is 0. The van der Waals surface area contributed by atoms with Gasteiger partial charge < -0.3 is 1.43 Å². The van der Waals surface area contributed by atoms with Crippen LogP contribution < -0.4 is 18.9 Å². The van der Waals surface area contributed by atoms with E-state index in [1.165, 1.54) is 0 Å². The third kappa shape index (κ3) is 9.05. The van der Waals surface area contributed by atoms with E-state index in [0.717, 1.165) is 0 Å². The monoisotopic (exact) mass is 330 g/mol. The van der Waals surface area contributed by atoms with Gasteiger partial charge in [0, 0.05) is 84.2 Å². The molecule has 0 saturated carbocycles. The second-order valence-electron chi connectivity index (χ2n) is 0. The van der Waals surface area contributed by atoms with Crippen molar-refractivity contribution >= 4 is 0 Å². The Morgan fingerprint density at radius 3 is 1.25 bits per heavy atom. The van der Waals surface area contributed by atoms with Gasteiger partial charge in [-0.1, -0.05) is 0 Å². The van der Waals surface area contributed by atoms with E-state index in [2.05, 4.69) is 0 Å². The Morgan fingerprint density at radius 1 is 1.25 bits per heavy atom. The molecule has 0 aromatic heterocycles. The first kappa shape index (κ1) is 26.2. The molecule has 0 bridgehead atoms. The van der Waals surface area contributed by atoms with Crippen LogP contribution in [0.2, 0.25) is 0 Å². The average molecular weight is 331 g/mol. The minimum Gasteiger partial charge on any atom is -1.00 e. The summed E-state index contributed by atoms with van der Waals surface area (Å²) in [6.45, 7) is 0. The summed E-state index contributed by atoms with van der Waals surface area (Å²) < 4.78 is 0. The number of rotatable bonds is 0. The zero-order chi connectivity index (χ0) is 0. The summed E-state index contributed by atoms with van der Waals surface area (Å²) in [6, 6.07) is 0. The largest absolute Gasteiger partial charge is 1.00 e. The van der Waals surface area contributed by atoms with Crippen LogP contribution in [-0.2, 0) is 48.6 Å². The number of hydrogen-bond donors (Lipinski definition) is 0. The van der Waals surface area contributed by atoms with Crippen LogP contribution in [0.25, 0.3) is 0 Å². The molecule has 0 nitrogen and oxygen atoms in total. The first-order chi connectivity index (χ1) is 0. The summed E-state index contributed by atoms with van der Waals surface area (Å²) in [5, 5.41) is 0. The van der Waals surface area contributed by atoms with Gasteiger partial charge in [-0.05, 0) is 0 Å². The molecular formula is HLaLiNbZr. The molecule has 4 heteroatoms. The zero-order valence-corrected chi connectivity index (χ0v) is 10.8. The van der Waals surface area contributed by atoms with Crippen LogP contribution >= 0.6 is 0 Å². The average Bonchev–Trinajstić information content (AvgIpc) is 0. The molecule has 0 N–H and O–H groups in total. The standard InChI is InChI=1S/La.Li.Nb.Zr.H/q;+1;;;-1. The van der Waals surface area contributed by atoms with Crippen molar-refractivity contribution in [3.05, 3.63) is 0 Å². The molecule has 4 heavy (non-hydrogen) atoms. The third-order valence-corrected chi connectivity index (χ3v) is 0. The van der Waals surface area contributed by atoms with Gasteiger partial charge in [0.2, 0.25) is 0 Å². The van der Waals surface area contributed by atoms with E-state index >= 15 is 0 Å². The molecule has 0 aliphatic heterocycles. The van der Waals surface area contributed by atoms with E-state index < -0.39 is 0 Å². The fraction of sp³-hybridized carbons (Fsp3) is 0. The molecule has 0 aliphatic carbocycles. The van der Waals surface area contributed by atoms with Gasteiger partial charge in [-0.2, -0.15) is 0 Å². The molecule has 0 fully saturated rings. The minimum atomic E-state index is 0. The molecule has 0 heterocycles. The maximum atomic E-state index is 0. The minimum absolute atomic E-state index is 0. The van der Waals surface area contributed by atoms with Crippen LogP contribution in [0, 0.1) is 35.6 Å². The molecule has 0 aromatic rings. The third-order valence-electron chi connectivity index (χ3n) is 0. The predicted octanol–water partition coefficient (Wildman–Crippen LogP) is -2.89. The van der Waals surface area contributed by atoms with Crippen LogP contribution in [0.5, 0.6) is 0 Å². The van der Waals surface area contributed by atoms with Crippen molar-refractivity contribution in [2.24, 2.45) is 0 Å². The predicted molar refractivity (Wildman–Crippen MR) is 1.11 cm³/mol. The van der Waals surface area contributed by atoms with E-state index in [4.69, 9.17) is 0 Å². The van der Waals surface area contributed by atoms with E-state index in [-0.39, 0.29) is 104 Å². The SMILES string of the molecule is [H-].[La].[Li+].[Nb].[Zr]. The first-order valence-electron chi connectivity index (χ1n) is 0. The van der Waals surface area contributed by atoms with Gasteiger partial charge in [0.05, 0.1) is 0 Å². The maximum absolute atomic E-state index is 0. The second kappa shape index (κ2) is 16.1. The molecule has 0 spiro atoms. The molecule has 0 aromatic carbocycles. The Balaban J connectivity index is 0. The van der Waals surface area contributed by atoms with Gasteiger partial charge in [0.15, 0.2) is 0 Å². The Labute approximate surface area is 102 Å². The molecule has 0 amide bonds. The fourth-order valence-corrected chi connectivity index (χ4v) is 0. The summed E-state index contributed by atoms with van der Waals surface area (Å²) in [5.41, 5.74) is 0.